The molecular weight excluding hydrogens is 360 g/mol. The van der Waals surface area contributed by atoms with Crippen LogP contribution in [0, 0.1) is 5.92 Å². The van der Waals surface area contributed by atoms with Gasteiger partial charge in [0.1, 0.15) is 0 Å². The molecule has 0 bridgehead atoms. The molecule has 0 heterocycles. The summed E-state index contributed by atoms with van der Waals surface area (Å²) in [6, 6.07) is 8.52. The van der Waals surface area contributed by atoms with Crippen molar-refractivity contribution >= 4 is 47.8 Å². The van der Waals surface area contributed by atoms with Crippen LogP contribution >= 0.6 is 47.8 Å². The first-order valence-electron chi connectivity index (χ1n) is 4.12. The zero-order valence-corrected chi connectivity index (χ0v) is 11.9. The smallest absolute Gasteiger partial charge is 0.0175 e. The van der Waals surface area contributed by atoms with Crippen molar-refractivity contribution in [1.29, 1.82) is 0 Å². The third-order valence-corrected chi connectivity index (χ3v) is 4.23. The molecule has 1 aromatic carbocycles. The van der Waals surface area contributed by atoms with E-state index in [4.69, 9.17) is 0 Å². The Labute approximate surface area is 104 Å². The van der Waals surface area contributed by atoms with E-state index in [1.807, 2.05) is 0 Å². The van der Waals surface area contributed by atoms with Crippen LogP contribution in [0.1, 0.15) is 5.56 Å². The number of alkyl halides is 2. The fourth-order valence-corrected chi connectivity index (χ4v) is 2.90. The van der Waals surface area contributed by atoms with Gasteiger partial charge >= 0.3 is 0 Å². The monoisotopic (exact) mass is 368 g/mol. The second kappa shape index (κ2) is 6.20. The van der Waals surface area contributed by atoms with Crippen LogP contribution in [-0.2, 0) is 6.42 Å². The summed E-state index contributed by atoms with van der Waals surface area (Å²) in [5, 5.41) is 2.10. The molecule has 0 spiro atoms. The van der Waals surface area contributed by atoms with Crippen molar-refractivity contribution in [2.75, 3.05) is 10.7 Å². The molecule has 0 saturated heterocycles. The fourth-order valence-electron chi connectivity index (χ4n) is 1.10. The maximum Gasteiger partial charge on any atom is 0.0175 e. The average Bonchev–Trinajstić information content (AvgIpc) is 2.17. The molecule has 0 aliphatic carbocycles. The normalized spacial score (nSPS) is 10.8. The van der Waals surface area contributed by atoms with Crippen LogP contribution in [0.15, 0.2) is 28.7 Å². The third-order valence-electron chi connectivity index (χ3n) is 1.87. The van der Waals surface area contributed by atoms with Crippen molar-refractivity contribution in [1.82, 2.24) is 0 Å². The summed E-state index contributed by atoms with van der Waals surface area (Å²) < 4.78 is 1.14. The van der Waals surface area contributed by atoms with Crippen LogP contribution in [0.25, 0.3) is 0 Å². The summed E-state index contributed by atoms with van der Waals surface area (Å²) in [6.07, 6.45) is 1.13. The lowest BCUT2D eigenvalue weighted by molar-refractivity contribution is 0.679. The standard InChI is InChI=1S/C10H11Br3/c11-6-9(7-12)5-8-1-3-10(13)4-2-8/h1-4,9H,5-7H2. The Morgan fingerprint density at radius 3 is 2.00 bits per heavy atom. The average molecular weight is 371 g/mol. The molecule has 1 aromatic rings. The molecule has 0 aliphatic heterocycles. The maximum atomic E-state index is 3.51. The Kier molecular flexibility index (Phi) is 5.60. The first kappa shape index (κ1) is 11.7. The van der Waals surface area contributed by atoms with E-state index in [0.717, 1.165) is 21.6 Å². The van der Waals surface area contributed by atoms with Gasteiger partial charge in [-0.05, 0) is 30.0 Å². The highest BCUT2D eigenvalue weighted by molar-refractivity contribution is 9.10. The molecule has 0 aliphatic rings. The zero-order chi connectivity index (χ0) is 9.68. The van der Waals surface area contributed by atoms with Gasteiger partial charge in [-0.1, -0.05) is 59.9 Å². The van der Waals surface area contributed by atoms with Gasteiger partial charge in [0, 0.05) is 15.1 Å². The second-order valence-corrected chi connectivity index (χ2v) is 5.22. The van der Waals surface area contributed by atoms with E-state index in [0.29, 0.717) is 5.92 Å². The van der Waals surface area contributed by atoms with Crippen molar-refractivity contribution in [2.45, 2.75) is 6.42 Å². The van der Waals surface area contributed by atoms with Crippen LogP contribution in [0.4, 0.5) is 0 Å². The Hall–Kier alpha value is 0.660. The lowest BCUT2D eigenvalue weighted by atomic mass is 10.0. The third kappa shape index (κ3) is 4.13. The molecule has 13 heavy (non-hydrogen) atoms. The van der Waals surface area contributed by atoms with Crippen molar-refractivity contribution < 1.29 is 0 Å². The van der Waals surface area contributed by atoms with Crippen LogP contribution in [0.2, 0.25) is 0 Å². The predicted molar refractivity (Wildman–Crippen MR) is 68.9 cm³/mol. The van der Waals surface area contributed by atoms with E-state index in [9.17, 15) is 0 Å². The lowest BCUT2D eigenvalue weighted by Crippen LogP contribution is -2.07. The highest BCUT2D eigenvalue weighted by atomic mass is 79.9. The molecule has 72 valence electrons. The number of benzene rings is 1. The molecule has 0 unspecified atom stereocenters. The van der Waals surface area contributed by atoms with Crippen LogP contribution in [0.5, 0.6) is 0 Å². The quantitative estimate of drug-likeness (QED) is 0.689. The number of halogens is 3. The van der Waals surface area contributed by atoms with Crippen molar-refractivity contribution in [3.63, 3.8) is 0 Å². The van der Waals surface area contributed by atoms with Gasteiger partial charge in [-0.3, -0.25) is 0 Å². The Morgan fingerprint density at radius 1 is 1.00 bits per heavy atom. The number of rotatable bonds is 4. The minimum absolute atomic E-state index is 0.682. The molecule has 3 heteroatoms. The van der Waals surface area contributed by atoms with Gasteiger partial charge in [0.05, 0.1) is 0 Å². The van der Waals surface area contributed by atoms with Gasteiger partial charge < -0.3 is 0 Å². The van der Waals surface area contributed by atoms with E-state index >= 15 is 0 Å². The second-order valence-electron chi connectivity index (χ2n) is 3.01. The van der Waals surface area contributed by atoms with Gasteiger partial charge in [0.15, 0.2) is 0 Å². The Bertz CT molecular complexity index is 239. The van der Waals surface area contributed by atoms with Gasteiger partial charge in [-0.25, -0.2) is 0 Å². The van der Waals surface area contributed by atoms with E-state index in [1.54, 1.807) is 0 Å². The predicted octanol–water partition coefficient (Wildman–Crippen LogP) is 4.40. The molecule has 0 amide bonds. The van der Waals surface area contributed by atoms with Crippen LogP contribution < -0.4 is 0 Å². The maximum absolute atomic E-state index is 3.51. The molecule has 0 N–H and O–H groups in total. The first-order chi connectivity index (χ1) is 6.26. The van der Waals surface area contributed by atoms with Crippen molar-refractivity contribution in [3.8, 4) is 0 Å². The molecular formula is C10H11Br3. The van der Waals surface area contributed by atoms with Gasteiger partial charge in [-0.15, -0.1) is 0 Å². The summed E-state index contributed by atoms with van der Waals surface area (Å²) in [6.45, 7) is 0. The van der Waals surface area contributed by atoms with Crippen LogP contribution in [0.3, 0.4) is 0 Å². The van der Waals surface area contributed by atoms with Crippen molar-refractivity contribution in [3.05, 3.63) is 34.3 Å². The summed E-state index contributed by atoms with van der Waals surface area (Å²) >= 11 is 10.4. The van der Waals surface area contributed by atoms with Gasteiger partial charge in [0.2, 0.25) is 0 Å². The molecule has 0 radical (unpaired) electrons. The molecule has 0 fully saturated rings. The molecule has 0 aromatic heterocycles. The topological polar surface area (TPSA) is 0 Å². The highest BCUT2D eigenvalue weighted by Gasteiger charge is 2.05. The molecule has 1 rings (SSSR count). The summed E-state index contributed by atoms with van der Waals surface area (Å²) in [4.78, 5) is 0. The van der Waals surface area contributed by atoms with Gasteiger partial charge in [0.25, 0.3) is 0 Å². The number of hydrogen-bond donors (Lipinski definition) is 0. The largest absolute Gasteiger partial charge is 0.0925 e. The van der Waals surface area contributed by atoms with Gasteiger partial charge in [-0.2, -0.15) is 0 Å². The fraction of sp³-hybridized carbons (Fsp3) is 0.400. The lowest BCUT2D eigenvalue weighted by Gasteiger charge is -2.09. The first-order valence-corrected chi connectivity index (χ1v) is 7.16. The minimum Gasteiger partial charge on any atom is -0.0925 e. The summed E-state index contributed by atoms with van der Waals surface area (Å²) in [5.74, 6) is 0.682. The summed E-state index contributed by atoms with van der Waals surface area (Å²) in [7, 11) is 0. The Balaban J connectivity index is 2.58. The summed E-state index contributed by atoms with van der Waals surface area (Å²) in [5.41, 5.74) is 1.40. The van der Waals surface area contributed by atoms with Crippen molar-refractivity contribution in [2.24, 2.45) is 5.92 Å². The van der Waals surface area contributed by atoms with Crippen LogP contribution in [-0.4, -0.2) is 10.7 Å². The highest BCUT2D eigenvalue weighted by Crippen LogP contribution is 2.16. The minimum atomic E-state index is 0.682. The van der Waals surface area contributed by atoms with E-state index in [1.165, 1.54) is 5.56 Å². The molecule has 0 atom stereocenters. The van der Waals surface area contributed by atoms with E-state index in [-0.39, 0.29) is 0 Å². The SMILES string of the molecule is BrCC(CBr)Cc1ccc(Br)cc1. The zero-order valence-electron chi connectivity index (χ0n) is 7.14. The van der Waals surface area contributed by atoms with E-state index in [2.05, 4.69) is 72.1 Å². The number of hydrogen-bond acceptors (Lipinski definition) is 0. The van der Waals surface area contributed by atoms with E-state index < -0.39 is 0 Å². The molecule has 0 saturated carbocycles. The molecule has 0 nitrogen and oxygen atoms in total. The Morgan fingerprint density at radius 2 is 1.54 bits per heavy atom.